The zero-order valence-electron chi connectivity index (χ0n) is 8.43. The highest BCUT2D eigenvalue weighted by Crippen LogP contribution is 2.28. The molecule has 1 aromatic rings. The average Bonchev–Trinajstić information content (AvgIpc) is 2.17. The molecule has 1 N–H and O–H groups in total. The minimum atomic E-state index is -0.536. The van der Waals surface area contributed by atoms with Gasteiger partial charge in [0.1, 0.15) is 0 Å². The van der Waals surface area contributed by atoms with Crippen molar-refractivity contribution in [1.29, 1.82) is 0 Å². The molecule has 1 atom stereocenters. The molecule has 0 heterocycles. The molecule has 1 unspecified atom stereocenters. The summed E-state index contributed by atoms with van der Waals surface area (Å²) in [4.78, 5) is 0. The first-order chi connectivity index (χ1) is 7.15. The molecule has 0 spiro atoms. The van der Waals surface area contributed by atoms with Crippen molar-refractivity contribution < 1.29 is 5.11 Å². The number of hydrogen-bond donors (Lipinski definition) is 1. The second-order valence-corrected chi connectivity index (χ2v) is 4.47. The van der Waals surface area contributed by atoms with E-state index < -0.39 is 6.10 Å². The monoisotopic (exact) mass is 286 g/mol. The largest absolute Gasteiger partial charge is 0.388 e. The van der Waals surface area contributed by atoms with Gasteiger partial charge in [-0.15, -0.1) is 11.8 Å². The summed E-state index contributed by atoms with van der Waals surface area (Å²) < 4.78 is 0.914. The molecule has 3 heteroatoms. The maximum atomic E-state index is 9.85. The van der Waals surface area contributed by atoms with Gasteiger partial charge in [-0.3, -0.25) is 0 Å². The van der Waals surface area contributed by atoms with E-state index in [9.17, 15) is 5.11 Å². The maximum Gasteiger partial charge on any atom is 0.0813 e. The molecule has 0 fully saturated rings. The van der Waals surface area contributed by atoms with Crippen LogP contribution < -0.4 is 0 Å². The van der Waals surface area contributed by atoms with E-state index in [1.54, 1.807) is 13.0 Å². The van der Waals surface area contributed by atoms with E-state index in [0.29, 0.717) is 17.9 Å². The van der Waals surface area contributed by atoms with Gasteiger partial charge in [0.05, 0.1) is 6.10 Å². The highest BCUT2D eigenvalue weighted by molar-refractivity contribution is 9.10. The van der Waals surface area contributed by atoms with Gasteiger partial charge in [-0.25, -0.2) is 0 Å². The second kappa shape index (κ2) is 6.17. The SMILES string of the molecule is CC#CCCC(O)c1ccc(Br)cc1Cl. The predicted octanol–water partition coefficient (Wildman–Crippen LogP) is 3.94. The number of hydrogen-bond acceptors (Lipinski definition) is 1. The Kier molecular flexibility index (Phi) is 5.17. The Morgan fingerprint density at radius 3 is 2.87 bits per heavy atom. The topological polar surface area (TPSA) is 20.2 Å². The van der Waals surface area contributed by atoms with E-state index in [0.717, 1.165) is 10.0 Å². The van der Waals surface area contributed by atoms with Crippen molar-refractivity contribution in [2.75, 3.05) is 0 Å². The molecule has 0 aliphatic carbocycles. The summed E-state index contributed by atoms with van der Waals surface area (Å²) in [6, 6.07) is 5.48. The van der Waals surface area contributed by atoms with Crippen molar-refractivity contribution in [3.8, 4) is 11.8 Å². The molecule has 0 radical (unpaired) electrons. The summed E-state index contributed by atoms with van der Waals surface area (Å²) >= 11 is 9.33. The van der Waals surface area contributed by atoms with Crippen molar-refractivity contribution >= 4 is 27.5 Å². The Balaban J connectivity index is 2.71. The molecule has 1 aromatic carbocycles. The molecule has 0 aliphatic heterocycles. The van der Waals surface area contributed by atoms with E-state index in [-0.39, 0.29) is 0 Å². The van der Waals surface area contributed by atoms with E-state index >= 15 is 0 Å². The fourth-order valence-electron chi connectivity index (χ4n) is 1.26. The van der Waals surface area contributed by atoms with Crippen LogP contribution in [0, 0.1) is 11.8 Å². The van der Waals surface area contributed by atoms with Crippen molar-refractivity contribution in [3.63, 3.8) is 0 Å². The third-order valence-electron chi connectivity index (χ3n) is 2.04. The molecule has 80 valence electrons. The number of benzene rings is 1. The van der Waals surface area contributed by atoms with E-state index in [4.69, 9.17) is 11.6 Å². The van der Waals surface area contributed by atoms with Crippen LogP contribution in [0.2, 0.25) is 5.02 Å². The minimum absolute atomic E-state index is 0.536. The van der Waals surface area contributed by atoms with Gasteiger partial charge in [0, 0.05) is 15.9 Å². The smallest absolute Gasteiger partial charge is 0.0813 e. The molecular weight excluding hydrogens is 275 g/mol. The van der Waals surface area contributed by atoms with Gasteiger partial charge in [0.2, 0.25) is 0 Å². The van der Waals surface area contributed by atoms with Crippen LogP contribution in [0.3, 0.4) is 0 Å². The van der Waals surface area contributed by atoms with Gasteiger partial charge in [0.15, 0.2) is 0 Å². The minimum Gasteiger partial charge on any atom is -0.388 e. The quantitative estimate of drug-likeness (QED) is 0.835. The van der Waals surface area contributed by atoms with Gasteiger partial charge in [-0.1, -0.05) is 33.6 Å². The van der Waals surface area contributed by atoms with Crippen LogP contribution in [0.15, 0.2) is 22.7 Å². The van der Waals surface area contributed by atoms with Crippen molar-refractivity contribution in [2.24, 2.45) is 0 Å². The molecule has 1 nitrogen and oxygen atoms in total. The molecule has 0 amide bonds. The molecule has 0 aliphatic rings. The predicted molar refractivity (Wildman–Crippen MR) is 66.8 cm³/mol. The number of aliphatic hydroxyl groups excluding tert-OH is 1. The lowest BCUT2D eigenvalue weighted by Gasteiger charge is -2.11. The highest BCUT2D eigenvalue weighted by Gasteiger charge is 2.10. The summed E-state index contributed by atoms with van der Waals surface area (Å²) in [5.74, 6) is 5.71. The number of aliphatic hydroxyl groups is 1. The fraction of sp³-hybridized carbons (Fsp3) is 0.333. The Bertz CT molecular complexity index is 392. The molecule has 0 bridgehead atoms. The van der Waals surface area contributed by atoms with Gasteiger partial charge < -0.3 is 5.11 Å². The zero-order valence-corrected chi connectivity index (χ0v) is 10.8. The van der Waals surface area contributed by atoms with Crippen LogP contribution >= 0.6 is 27.5 Å². The van der Waals surface area contributed by atoms with Crippen LogP contribution in [0.1, 0.15) is 31.4 Å². The summed E-state index contributed by atoms with van der Waals surface area (Å²) in [7, 11) is 0. The molecule has 0 saturated heterocycles. The standard InChI is InChI=1S/C12H12BrClO/c1-2-3-4-5-12(15)10-7-6-9(13)8-11(10)14/h6-8,12,15H,4-5H2,1H3. The van der Waals surface area contributed by atoms with Crippen molar-refractivity contribution in [1.82, 2.24) is 0 Å². The third-order valence-corrected chi connectivity index (χ3v) is 2.86. The van der Waals surface area contributed by atoms with Crippen molar-refractivity contribution in [3.05, 3.63) is 33.3 Å². The van der Waals surface area contributed by atoms with Crippen LogP contribution in [0.25, 0.3) is 0 Å². The maximum absolute atomic E-state index is 9.85. The first-order valence-electron chi connectivity index (χ1n) is 4.67. The summed E-state index contributed by atoms with van der Waals surface area (Å²) in [6.45, 7) is 1.79. The lowest BCUT2D eigenvalue weighted by atomic mass is 10.1. The molecule has 15 heavy (non-hydrogen) atoms. The van der Waals surface area contributed by atoms with Gasteiger partial charge in [-0.2, -0.15) is 0 Å². The lowest BCUT2D eigenvalue weighted by Crippen LogP contribution is -1.97. The molecule has 1 rings (SSSR count). The Morgan fingerprint density at radius 1 is 1.53 bits per heavy atom. The summed E-state index contributed by atoms with van der Waals surface area (Å²) in [6.07, 6.45) is 0.762. The normalized spacial score (nSPS) is 11.7. The summed E-state index contributed by atoms with van der Waals surface area (Å²) in [5, 5.41) is 10.4. The van der Waals surface area contributed by atoms with Crippen LogP contribution in [0.4, 0.5) is 0 Å². The Morgan fingerprint density at radius 2 is 2.27 bits per heavy atom. The highest BCUT2D eigenvalue weighted by atomic mass is 79.9. The van der Waals surface area contributed by atoms with Crippen LogP contribution in [-0.2, 0) is 0 Å². The Hall–Kier alpha value is -0.490. The molecule has 0 aromatic heterocycles. The lowest BCUT2D eigenvalue weighted by molar-refractivity contribution is 0.169. The molecule has 0 saturated carbocycles. The number of rotatable bonds is 3. The second-order valence-electron chi connectivity index (χ2n) is 3.15. The zero-order chi connectivity index (χ0) is 11.3. The third kappa shape index (κ3) is 3.87. The van der Waals surface area contributed by atoms with E-state index in [2.05, 4.69) is 27.8 Å². The van der Waals surface area contributed by atoms with Crippen molar-refractivity contribution in [2.45, 2.75) is 25.9 Å². The fourth-order valence-corrected chi connectivity index (χ4v) is 2.06. The first-order valence-corrected chi connectivity index (χ1v) is 5.85. The summed E-state index contributed by atoms with van der Waals surface area (Å²) in [5.41, 5.74) is 0.762. The average molecular weight is 288 g/mol. The van der Waals surface area contributed by atoms with Gasteiger partial charge >= 0.3 is 0 Å². The van der Waals surface area contributed by atoms with Gasteiger partial charge in [-0.05, 0) is 31.0 Å². The molecular formula is C12H12BrClO. The number of halogens is 2. The first kappa shape index (κ1) is 12.6. The van der Waals surface area contributed by atoms with Crippen LogP contribution in [0.5, 0.6) is 0 Å². The van der Waals surface area contributed by atoms with Crippen LogP contribution in [-0.4, -0.2) is 5.11 Å². The van der Waals surface area contributed by atoms with Gasteiger partial charge in [0.25, 0.3) is 0 Å². The Labute approximate surface area is 104 Å². The van der Waals surface area contributed by atoms with E-state index in [1.807, 2.05) is 12.1 Å². The van der Waals surface area contributed by atoms with E-state index in [1.165, 1.54) is 0 Å².